The van der Waals surface area contributed by atoms with Gasteiger partial charge in [0, 0.05) is 18.7 Å². The molecule has 1 N–H and O–H groups in total. The van der Waals surface area contributed by atoms with E-state index in [1.54, 1.807) is 38.3 Å². The first-order valence-corrected chi connectivity index (χ1v) is 7.92. The topological polar surface area (TPSA) is 90.4 Å². The van der Waals surface area contributed by atoms with Gasteiger partial charge < -0.3 is 19.0 Å². The number of carbonyl (C=O) groups excluding carboxylic acids is 1. The van der Waals surface area contributed by atoms with Crippen molar-refractivity contribution in [2.24, 2.45) is 0 Å². The first kappa shape index (κ1) is 15.9. The van der Waals surface area contributed by atoms with E-state index in [4.69, 9.17) is 13.7 Å². The fraction of sp³-hybridized carbons (Fsp3) is 0.105. The highest BCUT2D eigenvalue weighted by molar-refractivity contribution is 6.04. The van der Waals surface area contributed by atoms with Crippen LogP contribution >= 0.6 is 0 Å². The molecule has 4 rings (SSSR count). The summed E-state index contributed by atoms with van der Waals surface area (Å²) in [5.74, 6) is 1.29. The molecule has 0 unspecified atom stereocenters. The minimum atomic E-state index is -0.380. The normalized spacial score (nSPS) is 10.8. The van der Waals surface area contributed by atoms with Crippen molar-refractivity contribution in [1.29, 1.82) is 0 Å². The van der Waals surface area contributed by atoms with Crippen LogP contribution in [0.2, 0.25) is 0 Å². The van der Waals surface area contributed by atoms with E-state index in [0.29, 0.717) is 34.2 Å². The maximum atomic E-state index is 12.4. The maximum Gasteiger partial charge on any atom is 0.277 e. The Morgan fingerprint density at radius 2 is 2.00 bits per heavy atom. The molecule has 2 heterocycles. The Bertz CT molecular complexity index is 1100. The lowest BCUT2D eigenvalue weighted by Crippen LogP contribution is -2.12. The third-order valence-electron chi connectivity index (χ3n) is 3.87. The van der Waals surface area contributed by atoms with E-state index in [1.165, 1.54) is 0 Å². The van der Waals surface area contributed by atoms with E-state index in [0.717, 1.165) is 5.56 Å². The zero-order chi connectivity index (χ0) is 18.1. The third kappa shape index (κ3) is 2.90. The molecule has 0 aliphatic carbocycles. The Morgan fingerprint density at radius 3 is 2.85 bits per heavy atom. The summed E-state index contributed by atoms with van der Waals surface area (Å²) < 4.78 is 16.0. The molecular weight excluding hydrogens is 334 g/mol. The number of rotatable bonds is 4. The zero-order valence-electron chi connectivity index (χ0n) is 14.1. The van der Waals surface area contributed by atoms with Crippen LogP contribution in [0.4, 0.5) is 5.69 Å². The number of oxazole rings is 1. The molecule has 2 aromatic heterocycles. The van der Waals surface area contributed by atoms with E-state index in [-0.39, 0.29) is 11.6 Å². The fourth-order valence-electron chi connectivity index (χ4n) is 2.67. The highest BCUT2D eigenvalue weighted by Gasteiger charge is 2.16. The molecule has 0 aliphatic rings. The molecule has 0 radical (unpaired) electrons. The van der Waals surface area contributed by atoms with Crippen molar-refractivity contribution in [2.45, 2.75) is 6.92 Å². The molecule has 0 saturated heterocycles. The van der Waals surface area contributed by atoms with Crippen molar-refractivity contribution in [3.63, 3.8) is 0 Å². The quantitative estimate of drug-likeness (QED) is 0.598. The van der Waals surface area contributed by atoms with Gasteiger partial charge in [0.1, 0.15) is 11.3 Å². The second kappa shape index (κ2) is 6.36. The number of hydrogen-bond donors (Lipinski definition) is 1. The second-order valence-electron chi connectivity index (χ2n) is 5.65. The van der Waals surface area contributed by atoms with Crippen LogP contribution in [0.1, 0.15) is 16.4 Å². The van der Waals surface area contributed by atoms with Crippen LogP contribution in [-0.2, 0) is 0 Å². The smallest absolute Gasteiger partial charge is 0.277 e. The van der Waals surface area contributed by atoms with Crippen LogP contribution in [0.3, 0.4) is 0 Å². The van der Waals surface area contributed by atoms with Crippen LogP contribution in [0, 0.1) is 6.92 Å². The number of aryl methyl sites for hydroxylation is 1. The van der Waals surface area contributed by atoms with Gasteiger partial charge in [0.25, 0.3) is 5.91 Å². The molecule has 2 aromatic carbocycles. The van der Waals surface area contributed by atoms with E-state index in [9.17, 15) is 4.79 Å². The van der Waals surface area contributed by atoms with Gasteiger partial charge in [-0.15, -0.1) is 0 Å². The summed E-state index contributed by atoms with van der Waals surface area (Å²) in [5, 5.41) is 6.63. The SMILES string of the molecule is COc1ccccc1-c1cc(C(=O)Nc2ccc3oc(C)nc3c2)no1. The van der Waals surface area contributed by atoms with Gasteiger partial charge in [0.05, 0.1) is 12.7 Å². The molecule has 26 heavy (non-hydrogen) atoms. The average molecular weight is 349 g/mol. The van der Waals surface area contributed by atoms with Crippen molar-refractivity contribution >= 4 is 22.7 Å². The van der Waals surface area contributed by atoms with Gasteiger partial charge in [-0.1, -0.05) is 17.3 Å². The van der Waals surface area contributed by atoms with Crippen LogP contribution in [0.15, 0.2) is 57.5 Å². The number of nitrogens with zero attached hydrogens (tertiary/aromatic N) is 2. The first-order valence-electron chi connectivity index (χ1n) is 7.92. The van der Waals surface area contributed by atoms with Gasteiger partial charge in [-0.2, -0.15) is 0 Å². The number of aromatic nitrogens is 2. The van der Waals surface area contributed by atoms with Gasteiger partial charge in [-0.05, 0) is 30.3 Å². The largest absolute Gasteiger partial charge is 0.496 e. The lowest BCUT2D eigenvalue weighted by Gasteiger charge is -2.03. The third-order valence-corrected chi connectivity index (χ3v) is 3.87. The highest BCUT2D eigenvalue weighted by atomic mass is 16.5. The Labute approximate surface area is 148 Å². The zero-order valence-corrected chi connectivity index (χ0v) is 14.1. The molecule has 0 saturated carbocycles. The van der Waals surface area contributed by atoms with Crippen molar-refractivity contribution in [3.05, 3.63) is 60.1 Å². The van der Waals surface area contributed by atoms with E-state index in [2.05, 4.69) is 15.5 Å². The molecule has 7 nitrogen and oxygen atoms in total. The fourth-order valence-corrected chi connectivity index (χ4v) is 2.67. The molecule has 1 amide bonds. The maximum absolute atomic E-state index is 12.4. The van der Waals surface area contributed by atoms with Crippen LogP contribution in [0.5, 0.6) is 5.75 Å². The molecule has 0 aliphatic heterocycles. The minimum absolute atomic E-state index is 0.169. The van der Waals surface area contributed by atoms with Crippen molar-refractivity contribution in [1.82, 2.24) is 10.1 Å². The highest BCUT2D eigenvalue weighted by Crippen LogP contribution is 2.30. The van der Waals surface area contributed by atoms with Crippen LogP contribution in [-0.4, -0.2) is 23.2 Å². The van der Waals surface area contributed by atoms with Crippen molar-refractivity contribution in [3.8, 4) is 17.1 Å². The van der Waals surface area contributed by atoms with Crippen LogP contribution in [0.25, 0.3) is 22.4 Å². The molecule has 0 bridgehead atoms. The number of nitrogens with one attached hydrogen (secondary N) is 1. The summed E-state index contributed by atoms with van der Waals surface area (Å²) in [7, 11) is 1.57. The van der Waals surface area contributed by atoms with Gasteiger partial charge in [-0.3, -0.25) is 4.79 Å². The van der Waals surface area contributed by atoms with E-state index >= 15 is 0 Å². The van der Waals surface area contributed by atoms with Gasteiger partial charge in [0.2, 0.25) is 0 Å². The number of amides is 1. The number of para-hydroxylation sites is 1. The Hall–Kier alpha value is -3.61. The number of anilines is 1. The predicted molar refractivity (Wildman–Crippen MR) is 95.2 cm³/mol. The summed E-state index contributed by atoms with van der Waals surface area (Å²) in [6, 6.07) is 14.2. The number of ether oxygens (including phenoxy) is 1. The molecule has 7 heteroatoms. The van der Waals surface area contributed by atoms with E-state index < -0.39 is 0 Å². The molecular formula is C19H15N3O4. The molecule has 0 spiro atoms. The molecule has 4 aromatic rings. The standard InChI is InChI=1S/C19H15N3O4/c1-11-20-14-9-12(7-8-17(14)25-11)21-19(23)15-10-18(26-22-15)13-5-3-4-6-16(13)24-2/h3-10H,1-2H3,(H,21,23). The molecule has 0 atom stereocenters. The molecule has 0 fully saturated rings. The Morgan fingerprint density at radius 1 is 1.15 bits per heavy atom. The van der Waals surface area contributed by atoms with Gasteiger partial charge >= 0.3 is 0 Å². The van der Waals surface area contributed by atoms with Crippen LogP contribution < -0.4 is 10.1 Å². The minimum Gasteiger partial charge on any atom is -0.496 e. The summed E-state index contributed by atoms with van der Waals surface area (Å²) in [6.45, 7) is 1.77. The summed E-state index contributed by atoms with van der Waals surface area (Å²) in [4.78, 5) is 16.7. The van der Waals surface area contributed by atoms with Crippen molar-refractivity contribution in [2.75, 3.05) is 12.4 Å². The van der Waals surface area contributed by atoms with Gasteiger partial charge in [-0.25, -0.2) is 4.98 Å². The van der Waals surface area contributed by atoms with E-state index in [1.807, 2.05) is 24.3 Å². The number of hydrogen-bond acceptors (Lipinski definition) is 6. The summed E-state index contributed by atoms with van der Waals surface area (Å²) >= 11 is 0. The Balaban J connectivity index is 1.57. The van der Waals surface area contributed by atoms with Gasteiger partial charge in [0.15, 0.2) is 22.9 Å². The number of carbonyl (C=O) groups is 1. The summed E-state index contributed by atoms with van der Waals surface area (Å²) in [5.41, 5.74) is 2.83. The summed E-state index contributed by atoms with van der Waals surface area (Å²) in [6.07, 6.45) is 0. The number of fused-ring (bicyclic) bond motifs is 1. The second-order valence-corrected chi connectivity index (χ2v) is 5.65. The molecule has 130 valence electrons. The Kier molecular flexibility index (Phi) is 3.89. The lowest BCUT2D eigenvalue weighted by molar-refractivity contribution is 0.101. The number of benzene rings is 2. The van der Waals surface area contributed by atoms with Crippen molar-refractivity contribution < 1.29 is 18.5 Å². The number of methoxy groups -OCH3 is 1. The monoisotopic (exact) mass is 349 g/mol. The lowest BCUT2D eigenvalue weighted by atomic mass is 10.1. The predicted octanol–water partition coefficient (Wildman–Crippen LogP) is 4.05. The first-order chi connectivity index (χ1) is 12.6. The average Bonchev–Trinajstić information content (AvgIpc) is 3.27.